The quantitative estimate of drug-likeness (QED) is 0.411. The Bertz CT molecular complexity index is 1190. The average molecular weight is 462 g/mol. The fourth-order valence-corrected chi connectivity index (χ4v) is 6.21. The highest BCUT2D eigenvalue weighted by molar-refractivity contribution is 7.89. The average Bonchev–Trinajstić information content (AvgIpc) is 3.41. The van der Waals surface area contributed by atoms with Crippen molar-refractivity contribution in [1.29, 1.82) is 0 Å². The van der Waals surface area contributed by atoms with Gasteiger partial charge in [0, 0.05) is 11.8 Å². The Morgan fingerprint density at radius 2 is 1.80 bits per heavy atom. The number of amides is 2. The van der Waals surface area contributed by atoms with Gasteiger partial charge in [-0.05, 0) is 40.8 Å². The second kappa shape index (κ2) is 8.38. The van der Waals surface area contributed by atoms with E-state index in [9.17, 15) is 18.0 Å². The summed E-state index contributed by atoms with van der Waals surface area (Å²) in [6.45, 7) is 0.106. The van der Waals surface area contributed by atoms with Crippen LogP contribution in [0.25, 0.3) is 10.8 Å². The van der Waals surface area contributed by atoms with Gasteiger partial charge in [0.05, 0.1) is 9.77 Å². The van der Waals surface area contributed by atoms with Crippen LogP contribution < -0.4 is 10.9 Å². The van der Waals surface area contributed by atoms with Crippen molar-refractivity contribution in [3.8, 4) is 0 Å². The molecule has 10 heteroatoms. The van der Waals surface area contributed by atoms with Gasteiger partial charge in [0.2, 0.25) is 10.0 Å². The zero-order valence-corrected chi connectivity index (χ0v) is 18.2. The topological polar surface area (TPSA) is 95.6 Å². The number of thiophene rings is 1. The lowest BCUT2D eigenvalue weighted by Crippen LogP contribution is -2.51. The first-order valence-corrected chi connectivity index (χ1v) is 12.0. The van der Waals surface area contributed by atoms with Crippen molar-refractivity contribution < 1.29 is 18.0 Å². The van der Waals surface area contributed by atoms with Crippen LogP contribution in [0.1, 0.15) is 16.1 Å². The highest BCUT2D eigenvalue weighted by Gasteiger charge is 2.43. The maximum Gasteiger partial charge on any atom is 0.279 e. The van der Waals surface area contributed by atoms with Crippen molar-refractivity contribution in [3.63, 3.8) is 0 Å². The van der Waals surface area contributed by atoms with E-state index in [1.165, 1.54) is 17.4 Å². The van der Waals surface area contributed by atoms with Crippen molar-refractivity contribution >= 4 is 56.6 Å². The lowest BCUT2D eigenvalue weighted by molar-refractivity contribution is -0.124. The Balaban J connectivity index is 1.54. The molecule has 1 saturated heterocycles. The van der Waals surface area contributed by atoms with Gasteiger partial charge in [-0.25, -0.2) is 8.42 Å². The lowest BCUT2D eigenvalue weighted by Gasteiger charge is -2.23. The first-order chi connectivity index (χ1) is 14.4. The molecule has 0 bridgehead atoms. The Kier molecular flexibility index (Phi) is 5.83. The fraction of sp³-hybridized carbons (Fsp3) is 0.200. The molecule has 1 aromatic heterocycles. The molecule has 2 N–H and O–H groups in total. The predicted molar refractivity (Wildman–Crippen MR) is 119 cm³/mol. The highest BCUT2D eigenvalue weighted by Crippen LogP contribution is 2.30. The first-order valence-electron chi connectivity index (χ1n) is 9.18. The molecule has 0 aliphatic carbocycles. The smallest absolute Gasteiger partial charge is 0.271 e. The van der Waals surface area contributed by atoms with Crippen LogP contribution in [0.5, 0.6) is 0 Å². The summed E-state index contributed by atoms with van der Waals surface area (Å²) in [7, 11) is -3.93. The number of nitrogens with one attached hydrogen (secondary N) is 2. The van der Waals surface area contributed by atoms with Gasteiger partial charge in [0.25, 0.3) is 11.8 Å². The van der Waals surface area contributed by atoms with E-state index < -0.39 is 27.9 Å². The fourth-order valence-electron chi connectivity index (χ4n) is 3.42. The highest BCUT2D eigenvalue weighted by atomic mass is 32.2. The molecular weight excluding hydrogens is 442 g/mol. The van der Waals surface area contributed by atoms with Crippen LogP contribution in [0.15, 0.2) is 64.9 Å². The molecule has 2 atom stereocenters. The molecule has 2 amide bonds. The van der Waals surface area contributed by atoms with Gasteiger partial charge in [-0.3, -0.25) is 20.4 Å². The standard InChI is InChI=1S/C20H19N3O4S3/c24-19(21-22-20(25)18-6-3-9-29-18)17-11-15(28)12-23(17)30(26,27)16-8-7-13-4-1-2-5-14(13)10-16/h1-10,15,17,28H,11-12H2,(H,21,24)(H,22,25)/t15-,17+/m1/s1. The Morgan fingerprint density at radius 3 is 2.53 bits per heavy atom. The normalized spacial score (nSPS) is 19.6. The summed E-state index contributed by atoms with van der Waals surface area (Å²) >= 11 is 5.63. The van der Waals surface area contributed by atoms with Gasteiger partial charge in [0.15, 0.2) is 0 Å². The number of rotatable bonds is 4. The molecule has 2 aromatic carbocycles. The molecule has 0 unspecified atom stereocenters. The molecule has 1 aliphatic rings. The number of thiol groups is 1. The number of carbonyl (C=O) groups excluding carboxylic acids is 2. The number of fused-ring (bicyclic) bond motifs is 1. The van der Waals surface area contributed by atoms with Crippen LogP contribution >= 0.6 is 24.0 Å². The second-order valence-corrected chi connectivity index (χ2v) is 10.5. The van der Waals surface area contributed by atoms with Crippen LogP contribution in [-0.4, -0.2) is 42.4 Å². The number of hydrogen-bond acceptors (Lipinski definition) is 6. The summed E-state index contributed by atoms with van der Waals surface area (Å²) < 4.78 is 27.7. The summed E-state index contributed by atoms with van der Waals surface area (Å²) in [5.74, 6) is -1.05. The van der Waals surface area contributed by atoms with Crippen molar-refractivity contribution in [2.24, 2.45) is 0 Å². The molecule has 156 valence electrons. The van der Waals surface area contributed by atoms with Gasteiger partial charge >= 0.3 is 0 Å². The van der Waals surface area contributed by atoms with Crippen LogP contribution in [-0.2, 0) is 14.8 Å². The van der Waals surface area contributed by atoms with E-state index in [4.69, 9.17) is 0 Å². The number of nitrogens with zero attached hydrogens (tertiary/aromatic N) is 1. The van der Waals surface area contributed by atoms with E-state index >= 15 is 0 Å². The van der Waals surface area contributed by atoms with E-state index in [1.807, 2.05) is 24.3 Å². The molecule has 3 aromatic rings. The lowest BCUT2D eigenvalue weighted by atomic mass is 10.1. The van der Waals surface area contributed by atoms with Crippen molar-refractivity contribution in [2.75, 3.05) is 6.54 Å². The summed E-state index contributed by atoms with van der Waals surface area (Å²) in [5, 5.41) is 3.18. The number of sulfonamides is 1. The minimum atomic E-state index is -3.93. The van der Waals surface area contributed by atoms with Crippen LogP contribution in [0.2, 0.25) is 0 Å². The van der Waals surface area contributed by atoms with Gasteiger partial charge in [-0.15, -0.1) is 11.3 Å². The molecule has 0 saturated carbocycles. The van der Waals surface area contributed by atoms with Crippen molar-refractivity contribution in [3.05, 3.63) is 64.9 Å². The van der Waals surface area contributed by atoms with E-state index in [1.54, 1.807) is 29.6 Å². The second-order valence-electron chi connectivity index (χ2n) is 6.91. The number of benzene rings is 2. The SMILES string of the molecule is O=C(NNC(=O)[C@@H]1C[C@@H](S)CN1S(=O)(=O)c1ccc2ccccc2c1)c1cccs1. The summed E-state index contributed by atoms with van der Waals surface area (Å²) in [6, 6.07) is 14.7. The monoisotopic (exact) mass is 461 g/mol. The number of hydrogen-bond donors (Lipinski definition) is 3. The molecule has 7 nitrogen and oxygen atoms in total. The number of hydrazine groups is 1. The van der Waals surface area contributed by atoms with Crippen molar-refractivity contribution in [1.82, 2.24) is 15.2 Å². The third-order valence-electron chi connectivity index (χ3n) is 4.91. The predicted octanol–water partition coefficient (Wildman–Crippen LogP) is 2.42. The minimum absolute atomic E-state index is 0.106. The Morgan fingerprint density at radius 1 is 1.03 bits per heavy atom. The molecule has 2 heterocycles. The molecule has 1 fully saturated rings. The van der Waals surface area contributed by atoms with Crippen molar-refractivity contribution in [2.45, 2.75) is 22.6 Å². The zero-order valence-electron chi connectivity index (χ0n) is 15.7. The molecule has 0 radical (unpaired) electrons. The van der Waals surface area contributed by atoms with Crippen LogP contribution in [0, 0.1) is 0 Å². The summed E-state index contributed by atoms with van der Waals surface area (Å²) in [6.07, 6.45) is 0.247. The van der Waals surface area contributed by atoms with Crippen LogP contribution in [0.3, 0.4) is 0 Å². The van der Waals surface area contributed by atoms with Gasteiger partial charge in [0.1, 0.15) is 6.04 Å². The Hall–Kier alpha value is -2.40. The molecule has 1 aliphatic heterocycles. The van der Waals surface area contributed by atoms with Gasteiger partial charge < -0.3 is 0 Å². The summed E-state index contributed by atoms with van der Waals surface area (Å²) in [5.41, 5.74) is 4.68. The van der Waals surface area contributed by atoms with Gasteiger partial charge in [-0.1, -0.05) is 36.4 Å². The van der Waals surface area contributed by atoms with E-state index in [0.29, 0.717) is 4.88 Å². The van der Waals surface area contributed by atoms with E-state index in [2.05, 4.69) is 23.5 Å². The zero-order chi connectivity index (χ0) is 21.3. The first kappa shape index (κ1) is 20.9. The molecule has 0 spiro atoms. The third kappa shape index (κ3) is 4.08. The largest absolute Gasteiger partial charge is 0.279 e. The van der Waals surface area contributed by atoms with Crippen LogP contribution in [0.4, 0.5) is 0 Å². The van der Waals surface area contributed by atoms with Gasteiger partial charge in [-0.2, -0.15) is 16.9 Å². The molecule has 30 heavy (non-hydrogen) atoms. The molecular formula is C20H19N3O4S3. The maximum atomic E-state index is 13.3. The molecule has 4 rings (SSSR count). The number of carbonyl (C=O) groups is 2. The minimum Gasteiger partial charge on any atom is -0.271 e. The van der Waals surface area contributed by atoms with E-state index in [0.717, 1.165) is 15.1 Å². The third-order valence-corrected chi connectivity index (χ3v) is 8.02. The maximum absolute atomic E-state index is 13.3. The summed E-state index contributed by atoms with van der Waals surface area (Å²) in [4.78, 5) is 25.3. The van der Waals surface area contributed by atoms with E-state index in [-0.39, 0.29) is 23.1 Å². The Labute approximate surface area is 183 Å².